The van der Waals surface area contributed by atoms with Gasteiger partial charge in [-0.3, -0.25) is 5.10 Å². The van der Waals surface area contributed by atoms with Crippen molar-refractivity contribution in [2.75, 3.05) is 5.32 Å². The smallest absolute Gasteiger partial charge is 0.130 e. The molecule has 0 aliphatic heterocycles. The molecule has 0 saturated carbocycles. The highest BCUT2D eigenvalue weighted by Crippen LogP contribution is 2.17. The van der Waals surface area contributed by atoms with Gasteiger partial charge < -0.3 is 5.32 Å². The normalized spacial score (nSPS) is 12.4. The fourth-order valence-corrected chi connectivity index (χ4v) is 1.69. The molecule has 0 saturated heterocycles. The molecule has 0 fully saturated rings. The van der Waals surface area contributed by atoms with Gasteiger partial charge in [0.05, 0.1) is 12.2 Å². The maximum Gasteiger partial charge on any atom is 0.130 e. The third-order valence-electron chi connectivity index (χ3n) is 2.64. The highest BCUT2D eigenvalue weighted by Gasteiger charge is 2.08. The minimum absolute atomic E-state index is 0.174. The molecule has 0 aromatic carbocycles. The third-order valence-corrected chi connectivity index (χ3v) is 2.64. The van der Waals surface area contributed by atoms with Crippen LogP contribution in [0.4, 0.5) is 5.82 Å². The topological polar surface area (TPSA) is 66.5 Å². The number of H-pyrrole nitrogens is 1. The molecule has 2 N–H and O–H groups in total. The average Bonchev–Trinajstić information content (AvgIpc) is 2.81. The number of rotatable bonds is 4. The molecule has 0 aliphatic carbocycles. The van der Waals surface area contributed by atoms with E-state index in [4.69, 9.17) is 0 Å². The summed E-state index contributed by atoms with van der Waals surface area (Å²) in [6, 6.07) is 2.16. The van der Waals surface area contributed by atoms with Crippen molar-refractivity contribution in [1.29, 1.82) is 0 Å². The lowest BCUT2D eigenvalue weighted by Crippen LogP contribution is -2.09. The summed E-state index contributed by atoms with van der Waals surface area (Å²) in [4.78, 5) is 8.73. The van der Waals surface area contributed by atoms with Crippen LogP contribution in [0, 0.1) is 6.92 Å². The molecule has 2 heterocycles. The zero-order chi connectivity index (χ0) is 12.3. The van der Waals surface area contributed by atoms with Crippen LogP contribution in [0.25, 0.3) is 0 Å². The van der Waals surface area contributed by atoms with Crippen molar-refractivity contribution in [3.8, 4) is 0 Å². The van der Waals surface area contributed by atoms with Crippen LogP contribution in [0.3, 0.4) is 0 Å². The van der Waals surface area contributed by atoms with E-state index in [9.17, 15) is 0 Å². The largest absolute Gasteiger partial charge is 0.363 e. The van der Waals surface area contributed by atoms with E-state index in [2.05, 4.69) is 39.3 Å². The Balaban J connectivity index is 2.15. The number of aryl methyl sites for hydroxylation is 2. The fraction of sp³-hybridized carbons (Fsp3) is 0.417. The molecule has 0 bridgehead atoms. The number of nitrogens with one attached hydrogen (secondary N) is 2. The number of anilines is 1. The van der Waals surface area contributed by atoms with Gasteiger partial charge in [-0.05, 0) is 20.3 Å². The second-order valence-corrected chi connectivity index (χ2v) is 4.04. The predicted molar refractivity (Wildman–Crippen MR) is 66.8 cm³/mol. The zero-order valence-corrected chi connectivity index (χ0v) is 10.4. The van der Waals surface area contributed by atoms with Gasteiger partial charge in [0.1, 0.15) is 11.6 Å². The van der Waals surface area contributed by atoms with E-state index in [1.165, 1.54) is 0 Å². The Morgan fingerprint density at radius 1 is 1.41 bits per heavy atom. The van der Waals surface area contributed by atoms with Crippen LogP contribution in [-0.2, 0) is 6.42 Å². The molecule has 0 aliphatic rings. The van der Waals surface area contributed by atoms with Crippen LogP contribution >= 0.6 is 0 Å². The van der Waals surface area contributed by atoms with E-state index < -0.39 is 0 Å². The molecular weight excluding hydrogens is 214 g/mol. The lowest BCUT2D eigenvalue weighted by atomic mass is 10.2. The summed E-state index contributed by atoms with van der Waals surface area (Å²) in [6.45, 7) is 6.08. The lowest BCUT2D eigenvalue weighted by Gasteiger charge is -2.13. The lowest BCUT2D eigenvalue weighted by molar-refractivity contribution is 0.859. The monoisotopic (exact) mass is 231 g/mol. The van der Waals surface area contributed by atoms with Gasteiger partial charge in [-0.2, -0.15) is 5.10 Å². The summed E-state index contributed by atoms with van der Waals surface area (Å²) in [6.07, 6.45) is 4.61. The molecule has 1 atom stereocenters. The van der Waals surface area contributed by atoms with E-state index in [-0.39, 0.29) is 6.04 Å². The van der Waals surface area contributed by atoms with Crippen LogP contribution in [0.2, 0.25) is 0 Å². The summed E-state index contributed by atoms with van der Waals surface area (Å²) in [5.41, 5.74) is 2.17. The van der Waals surface area contributed by atoms with Gasteiger partial charge in [0.25, 0.3) is 0 Å². The van der Waals surface area contributed by atoms with Crippen molar-refractivity contribution in [2.24, 2.45) is 0 Å². The first-order chi connectivity index (χ1) is 8.19. The molecule has 0 radical (unpaired) electrons. The van der Waals surface area contributed by atoms with Gasteiger partial charge in [0, 0.05) is 23.5 Å². The van der Waals surface area contributed by atoms with Crippen LogP contribution in [-0.4, -0.2) is 20.2 Å². The van der Waals surface area contributed by atoms with E-state index in [0.717, 1.165) is 29.3 Å². The number of hydrogen-bond donors (Lipinski definition) is 2. The molecule has 1 unspecified atom stereocenters. The Bertz CT molecular complexity index is 478. The number of hydrogen-bond acceptors (Lipinski definition) is 4. The van der Waals surface area contributed by atoms with Crippen molar-refractivity contribution in [3.05, 3.63) is 35.5 Å². The summed E-state index contributed by atoms with van der Waals surface area (Å²) in [5, 5.41) is 10.1. The zero-order valence-electron chi connectivity index (χ0n) is 10.4. The minimum Gasteiger partial charge on any atom is -0.363 e. The molecule has 5 nitrogen and oxygen atoms in total. The summed E-state index contributed by atoms with van der Waals surface area (Å²) in [7, 11) is 0. The van der Waals surface area contributed by atoms with Gasteiger partial charge in [0.15, 0.2) is 0 Å². The number of aromatic nitrogens is 4. The first kappa shape index (κ1) is 11.6. The van der Waals surface area contributed by atoms with Crippen LogP contribution in [0.15, 0.2) is 18.5 Å². The highest BCUT2D eigenvalue weighted by atomic mass is 15.1. The molecule has 17 heavy (non-hydrogen) atoms. The molecule has 2 rings (SSSR count). The second kappa shape index (κ2) is 4.95. The van der Waals surface area contributed by atoms with E-state index in [1.807, 2.05) is 25.4 Å². The number of aromatic amines is 1. The maximum atomic E-state index is 4.38. The van der Waals surface area contributed by atoms with Crippen molar-refractivity contribution in [3.63, 3.8) is 0 Å². The van der Waals surface area contributed by atoms with E-state index >= 15 is 0 Å². The Hall–Kier alpha value is -1.91. The Kier molecular flexibility index (Phi) is 3.37. The third kappa shape index (κ3) is 2.81. The van der Waals surface area contributed by atoms with Crippen LogP contribution < -0.4 is 5.32 Å². The minimum atomic E-state index is 0.174. The number of nitrogens with zero attached hydrogens (tertiary/aromatic N) is 3. The van der Waals surface area contributed by atoms with Crippen molar-refractivity contribution in [1.82, 2.24) is 20.2 Å². The molecule has 2 aromatic rings. The first-order valence-electron chi connectivity index (χ1n) is 5.78. The van der Waals surface area contributed by atoms with Gasteiger partial charge in [-0.25, -0.2) is 9.97 Å². The molecule has 5 heteroatoms. The van der Waals surface area contributed by atoms with Gasteiger partial charge >= 0.3 is 0 Å². The second-order valence-electron chi connectivity index (χ2n) is 4.04. The SMILES string of the molecule is CCc1cc(NC(C)c2cn[nH]c2)nc(C)n1. The molecule has 0 spiro atoms. The fourth-order valence-electron chi connectivity index (χ4n) is 1.69. The Labute approximate surface area is 101 Å². The summed E-state index contributed by atoms with van der Waals surface area (Å²) < 4.78 is 0. The summed E-state index contributed by atoms with van der Waals surface area (Å²) >= 11 is 0. The predicted octanol–water partition coefficient (Wildman–Crippen LogP) is 2.24. The maximum absolute atomic E-state index is 4.38. The van der Waals surface area contributed by atoms with Gasteiger partial charge in [-0.15, -0.1) is 0 Å². The molecule has 90 valence electrons. The molecular formula is C12H17N5. The highest BCUT2D eigenvalue weighted by molar-refractivity contribution is 5.38. The van der Waals surface area contributed by atoms with E-state index in [0.29, 0.717) is 0 Å². The van der Waals surface area contributed by atoms with Crippen molar-refractivity contribution >= 4 is 5.82 Å². The van der Waals surface area contributed by atoms with Gasteiger partial charge in [0.2, 0.25) is 0 Å². The Morgan fingerprint density at radius 2 is 2.24 bits per heavy atom. The Morgan fingerprint density at radius 3 is 2.88 bits per heavy atom. The van der Waals surface area contributed by atoms with Crippen molar-refractivity contribution < 1.29 is 0 Å². The van der Waals surface area contributed by atoms with Crippen molar-refractivity contribution in [2.45, 2.75) is 33.2 Å². The standard InChI is InChI=1S/C12H17N5/c1-4-11-5-12(17-9(3)16-11)15-8(2)10-6-13-14-7-10/h5-8H,4H2,1-3H3,(H,13,14)(H,15,16,17). The first-order valence-corrected chi connectivity index (χ1v) is 5.78. The molecule has 0 amide bonds. The van der Waals surface area contributed by atoms with E-state index in [1.54, 1.807) is 0 Å². The summed E-state index contributed by atoms with van der Waals surface area (Å²) in [5.74, 6) is 1.66. The van der Waals surface area contributed by atoms with Crippen LogP contribution in [0.5, 0.6) is 0 Å². The average molecular weight is 231 g/mol. The quantitative estimate of drug-likeness (QED) is 0.847. The van der Waals surface area contributed by atoms with Crippen LogP contribution in [0.1, 0.15) is 37.0 Å². The molecule has 2 aromatic heterocycles. The van der Waals surface area contributed by atoms with Gasteiger partial charge in [-0.1, -0.05) is 6.92 Å².